The minimum absolute atomic E-state index is 0.157. The summed E-state index contributed by atoms with van der Waals surface area (Å²) in [7, 11) is 0. The first-order chi connectivity index (χ1) is 11.1. The zero-order chi connectivity index (χ0) is 16.2. The van der Waals surface area contributed by atoms with Crippen molar-refractivity contribution in [2.75, 3.05) is 0 Å². The molecule has 1 amide bonds. The lowest BCUT2D eigenvalue weighted by molar-refractivity contribution is 0.0997. The van der Waals surface area contributed by atoms with Crippen LogP contribution in [-0.2, 0) is 0 Å². The molecule has 3 aromatic rings. The third-order valence-corrected chi connectivity index (χ3v) is 3.48. The summed E-state index contributed by atoms with van der Waals surface area (Å²) in [5.74, 6) is -0.670. The maximum absolute atomic E-state index is 12.1. The van der Waals surface area contributed by atoms with Crippen molar-refractivity contribution in [3.63, 3.8) is 0 Å². The van der Waals surface area contributed by atoms with Gasteiger partial charge in [-0.15, -0.1) is 0 Å². The quantitative estimate of drug-likeness (QED) is 0.594. The highest BCUT2D eigenvalue weighted by atomic mass is 16.1. The fraction of sp³-hybridized carbons (Fsp3) is 0. The second-order valence-electron chi connectivity index (χ2n) is 5.07. The summed E-state index contributed by atoms with van der Waals surface area (Å²) in [5.41, 5.74) is 7.64. The molecule has 1 heterocycles. The molecule has 3 rings (SSSR count). The zero-order valence-electron chi connectivity index (χ0n) is 12.3. The van der Waals surface area contributed by atoms with E-state index in [9.17, 15) is 9.59 Å². The second-order valence-corrected chi connectivity index (χ2v) is 5.07. The number of nitrogens with zero attached hydrogens (tertiary/aromatic N) is 1. The number of allylic oxidation sites excluding steroid dienone is 1. The van der Waals surface area contributed by atoms with Crippen molar-refractivity contribution in [3.8, 4) is 0 Å². The maximum Gasteiger partial charge on any atom is 0.248 e. The van der Waals surface area contributed by atoms with Crippen LogP contribution in [0.3, 0.4) is 0 Å². The monoisotopic (exact) mass is 302 g/mol. The van der Waals surface area contributed by atoms with Gasteiger partial charge in [-0.2, -0.15) is 0 Å². The van der Waals surface area contributed by atoms with Gasteiger partial charge in [-0.25, -0.2) is 4.98 Å². The van der Waals surface area contributed by atoms with Crippen LogP contribution in [0, 0.1) is 0 Å². The van der Waals surface area contributed by atoms with E-state index in [0.717, 1.165) is 10.9 Å². The minimum Gasteiger partial charge on any atom is -0.366 e. The van der Waals surface area contributed by atoms with Gasteiger partial charge in [-0.05, 0) is 36.4 Å². The van der Waals surface area contributed by atoms with Gasteiger partial charge in [0.15, 0.2) is 5.78 Å². The molecule has 0 atom stereocenters. The smallest absolute Gasteiger partial charge is 0.248 e. The third kappa shape index (κ3) is 3.32. The third-order valence-electron chi connectivity index (χ3n) is 3.48. The molecular formula is C19H14N2O2. The lowest BCUT2D eigenvalue weighted by Gasteiger charge is -1.99. The molecule has 1 aromatic heterocycles. The van der Waals surface area contributed by atoms with Crippen molar-refractivity contribution in [2.45, 2.75) is 0 Å². The highest BCUT2D eigenvalue weighted by Gasteiger charge is 2.04. The van der Waals surface area contributed by atoms with Crippen LogP contribution in [0.15, 0.2) is 66.7 Å². The standard InChI is InChI=1S/C19H14N2O2/c20-19(23)15-7-5-14(6-8-15)18(22)12-11-16-10-9-13-3-1-2-4-17(13)21-16/h1-12H,(H2,20,23). The van der Waals surface area contributed by atoms with Gasteiger partial charge in [-0.1, -0.05) is 36.4 Å². The lowest BCUT2D eigenvalue weighted by atomic mass is 10.1. The number of ketones is 1. The second kappa shape index (κ2) is 6.23. The summed E-state index contributed by atoms with van der Waals surface area (Å²) in [6.07, 6.45) is 3.15. The van der Waals surface area contributed by atoms with E-state index in [1.165, 1.54) is 18.2 Å². The van der Waals surface area contributed by atoms with E-state index >= 15 is 0 Å². The molecule has 4 nitrogen and oxygen atoms in total. The number of carbonyl (C=O) groups excluding carboxylic acids is 2. The van der Waals surface area contributed by atoms with Gasteiger partial charge >= 0.3 is 0 Å². The number of primary amides is 1. The average Bonchev–Trinajstić information content (AvgIpc) is 2.59. The van der Waals surface area contributed by atoms with Gasteiger partial charge < -0.3 is 5.73 Å². The number of rotatable bonds is 4. The van der Waals surface area contributed by atoms with Crippen molar-refractivity contribution in [3.05, 3.63) is 83.6 Å². The van der Waals surface area contributed by atoms with Crippen LogP contribution in [0.2, 0.25) is 0 Å². The van der Waals surface area contributed by atoms with Crippen molar-refractivity contribution in [2.24, 2.45) is 5.73 Å². The fourth-order valence-corrected chi connectivity index (χ4v) is 2.23. The van der Waals surface area contributed by atoms with Crippen LogP contribution in [-0.4, -0.2) is 16.7 Å². The van der Waals surface area contributed by atoms with Crippen molar-refractivity contribution in [1.82, 2.24) is 4.98 Å². The minimum atomic E-state index is -0.514. The van der Waals surface area contributed by atoms with E-state index < -0.39 is 5.91 Å². The van der Waals surface area contributed by atoms with Gasteiger partial charge in [0.25, 0.3) is 0 Å². The van der Waals surface area contributed by atoms with Crippen molar-refractivity contribution < 1.29 is 9.59 Å². The number of benzene rings is 2. The first-order valence-electron chi connectivity index (χ1n) is 7.11. The summed E-state index contributed by atoms with van der Waals surface area (Å²) in [4.78, 5) is 27.6. The molecule has 0 aliphatic heterocycles. The number of pyridine rings is 1. The van der Waals surface area contributed by atoms with Crippen LogP contribution < -0.4 is 5.73 Å². The van der Waals surface area contributed by atoms with E-state index in [4.69, 9.17) is 5.73 Å². The molecular weight excluding hydrogens is 288 g/mol. The molecule has 23 heavy (non-hydrogen) atoms. The van der Waals surface area contributed by atoms with Crippen LogP contribution >= 0.6 is 0 Å². The number of hydrogen-bond acceptors (Lipinski definition) is 3. The van der Waals surface area contributed by atoms with E-state index in [1.807, 2.05) is 36.4 Å². The molecule has 0 fully saturated rings. The molecule has 4 heteroatoms. The summed E-state index contributed by atoms with van der Waals surface area (Å²) in [6, 6.07) is 17.9. The van der Waals surface area contributed by atoms with Crippen LogP contribution in [0.25, 0.3) is 17.0 Å². The lowest BCUT2D eigenvalue weighted by Crippen LogP contribution is -2.10. The molecule has 2 aromatic carbocycles. The van der Waals surface area contributed by atoms with E-state index in [-0.39, 0.29) is 5.78 Å². The Morgan fingerprint density at radius 3 is 2.30 bits per heavy atom. The Morgan fingerprint density at radius 1 is 0.870 bits per heavy atom. The SMILES string of the molecule is NC(=O)c1ccc(C(=O)C=Cc2ccc3ccccc3n2)cc1. The predicted octanol–water partition coefficient (Wildman–Crippen LogP) is 3.23. The number of hydrogen-bond donors (Lipinski definition) is 1. The summed E-state index contributed by atoms with van der Waals surface area (Å²) in [5, 5.41) is 1.05. The Bertz CT molecular complexity index is 912. The van der Waals surface area contributed by atoms with Gasteiger partial charge in [-0.3, -0.25) is 9.59 Å². The largest absolute Gasteiger partial charge is 0.366 e. The van der Waals surface area contributed by atoms with Crippen molar-refractivity contribution in [1.29, 1.82) is 0 Å². The molecule has 0 unspecified atom stereocenters. The fourth-order valence-electron chi connectivity index (χ4n) is 2.23. The Kier molecular flexibility index (Phi) is 3.97. The number of aromatic nitrogens is 1. The summed E-state index contributed by atoms with van der Waals surface area (Å²) in [6.45, 7) is 0. The first-order valence-corrected chi connectivity index (χ1v) is 7.11. The summed E-state index contributed by atoms with van der Waals surface area (Å²) < 4.78 is 0. The molecule has 0 bridgehead atoms. The first kappa shape index (κ1) is 14.7. The Morgan fingerprint density at radius 2 is 1.57 bits per heavy atom. The molecule has 0 spiro atoms. The highest BCUT2D eigenvalue weighted by molar-refractivity contribution is 6.07. The molecule has 0 radical (unpaired) electrons. The van der Waals surface area contributed by atoms with Gasteiger partial charge in [0.2, 0.25) is 5.91 Å². The highest BCUT2D eigenvalue weighted by Crippen LogP contribution is 2.13. The Balaban J connectivity index is 1.80. The zero-order valence-corrected chi connectivity index (χ0v) is 12.3. The Hall–Kier alpha value is -3.27. The molecule has 0 saturated carbocycles. The van der Waals surface area contributed by atoms with Crippen LogP contribution in [0.4, 0.5) is 0 Å². The topological polar surface area (TPSA) is 73.1 Å². The molecule has 0 aliphatic carbocycles. The Labute approximate surface area is 133 Å². The van der Waals surface area contributed by atoms with Gasteiger partial charge in [0, 0.05) is 16.5 Å². The van der Waals surface area contributed by atoms with Crippen LogP contribution in [0.5, 0.6) is 0 Å². The molecule has 0 saturated heterocycles. The van der Waals surface area contributed by atoms with E-state index in [1.54, 1.807) is 18.2 Å². The van der Waals surface area contributed by atoms with Gasteiger partial charge in [0.1, 0.15) is 0 Å². The number of carbonyl (C=O) groups is 2. The molecule has 112 valence electrons. The van der Waals surface area contributed by atoms with Crippen molar-refractivity contribution >= 4 is 28.7 Å². The van der Waals surface area contributed by atoms with Crippen LogP contribution in [0.1, 0.15) is 26.4 Å². The predicted molar refractivity (Wildman–Crippen MR) is 90.1 cm³/mol. The van der Waals surface area contributed by atoms with E-state index in [2.05, 4.69) is 4.98 Å². The summed E-state index contributed by atoms with van der Waals surface area (Å²) >= 11 is 0. The molecule has 0 aliphatic rings. The normalized spacial score (nSPS) is 11.0. The number of fused-ring (bicyclic) bond motifs is 1. The maximum atomic E-state index is 12.1. The average molecular weight is 302 g/mol. The van der Waals surface area contributed by atoms with Gasteiger partial charge in [0.05, 0.1) is 11.2 Å². The molecule has 2 N–H and O–H groups in total. The number of nitrogens with two attached hydrogens (primary N) is 1. The number of para-hydroxylation sites is 1. The van der Waals surface area contributed by atoms with E-state index in [0.29, 0.717) is 16.8 Å². The number of amides is 1.